The van der Waals surface area contributed by atoms with Crippen molar-refractivity contribution in [1.29, 1.82) is 0 Å². The van der Waals surface area contributed by atoms with Gasteiger partial charge in [0.25, 0.3) is 0 Å². The molecule has 2 unspecified atom stereocenters. The minimum absolute atomic E-state index is 0.0763. The number of aliphatic carboxylic acids is 1. The maximum absolute atomic E-state index is 10.7. The molecule has 5 nitrogen and oxygen atoms in total. The summed E-state index contributed by atoms with van der Waals surface area (Å²) in [6.07, 6.45) is 5.02. The first kappa shape index (κ1) is 13.8. The van der Waals surface area contributed by atoms with Gasteiger partial charge in [0.1, 0.15) is 0 Å². The summed E-state index contributed by atoms with van der Waals surface area (Å²) in [5.41, 5.74) is 0. The van der Waals surface area contributed by atoms with E-state index in [1.54, 1.807) is 0 Å². The van der Waals surface area contributed by atoms with Gasteiger partial charge >= 0.3 is 5.97 Å². The molecule has 0 radical (unpaired) electrons. The van der Waals surface area contributed by atoms with E-state index in [2.05, 4.69) is 10.2 Å². The van der Waals surface area contributed by atoms with E-state index >= 15 is 0 Å². The molecule has 0 spiro atoms. The number of piperidine rings is 1. The molecule has 5 heteroatoms. The number of carbonyl (C=O) groups is 1. The van der Waals surface area contributed by atoms with Crippen LogP contribution in [0.3, 0.4) is 0 Å². The van der Waals surface area contributed by atoms with Crippen molar-refractivity contribution in [3.05, 3.63) is 0 Å². The SMILES string of the molecule is O=C(O)C1CCC(CNCCN2CCCCC2)O1. The molecule has 2 atom stereocenters. The van der Waals surface area contributed by atoms with Gasteiger partial charge in [0, 0.05) is 19.6 Å². The molecule has 0 saturated carbocycles. The minimum Gasteiger partial charge on any atom is -0.479 e. The summed E-state index contributed by atoms with van der Waals surface area (Å²) in [6.45, 7) is 5.29. The second-order valence-corrected chi connectivity index (χ2v) is 5.27. The molecular formula is C13H24N2O3. The van der Waals surface area contributed by atoms with E-state index < -0.39 is 12.1 Å². The number of carboxylic acids is 1. The summed E-state index contributed by atoms with van der Waals surface area (Å²) in [7, 11) is 0. The lowest BCUT2D eigenvalue weighted by atomic mass is 10.1. The third kappa shape index (κ3) is 4.23. The average Bonchev–Trinajstić information content (AvgIpc) is 2.85. The number of hydrogen-bond acceptors (Lipinski definition) is 4. The van der Waals surface area contributed by atoms with Crippen molar-refractivity contribution in [1.82, 2.24) is 10.2 Å². The standard InChI is InChI=1S/C13H24N2O3/c16-13(17)12-5-4-11(18-12)10-14-6-9-15-7-2-1-3-8-15/h11-12,14H,1-10H2,(H,16,17). The normalized spacial score (nSPS) is 29.6. The van der Waals surface area contributed by atoms with Gasteiger partial charge in [-0.05, 0) is 38.8 Å². The van der Waals surface area contributed by atoms with Crippen LogP contribution in [-0.2, 0) is 9.53 Å². The van der Waals surface area contributed by atoms with Crippen LogP contribution in [0.25, 0.3) is 0 Å². The number of nitrogens with one attached hydrogen (secondary N) is 1. The molecule has 2 rings (SSSR count). The van der Waals surface area contributed by atoms with E-state index in [0.717, 1.165) is 26.1 Å². The number of rotatable bonds is 6. The van der Waals surface area contributed by atoms with Gasteiger partial charge in [-0.15, -0.1) is 0 Å². The van der Waals surface area contributed by atoms with E-state index in [0.29, 0.717) is 6.42 Å². The van der Waals surface area contributed by atoms with E-state index in [1.807, 2.05) is 0 Å². The zero-order valence-corrected chi connectivity index (χ0v) is 10.9. The molecule has 0 amide bonds. The van der Waals surface area contributed by atoms with Gasteiger partial charge in [-0.1, -0.05) is 6.42 Å². The average molecular weight is 256 g/mol. The number of likely N-dealkylation sites (tertiary alicyclic amines) is 1. The molecule has 0 aromatic rings. The Balaban J connectivity index is 1.52. The molecule has 2 saturated heterocycles. The Morgan fingerprint density at radius 2 is 2.06 bits per heavy atom. The Kier molecular flexibility index (Phi) is 5.41. The first-order valence-corrected chi connectivity index (χ1v) is 7.07. The molecular weight excluding hydrogens is 232 g/mol. The summed E-state index contributed by atoms with van der Waals surface area (Å²) < 4.78 is 5.44. The second-order valence-electron chi connectivity index (χ2n) is 5.27. The highest BCUT2D eigenvalue weighted by Gasteiger charge is 2.29. The van der Waals surface area contributed by atoms with Crippen LogP contribution >= 0.6 is 0 Å². The second kappa shape index (κ2) is 7.07. The van der Waals surface area contributed by atoms with Gasteiger partial charge in [0.15, 0.2) is 6.10 Å². The molecule has 0 aromatic carbocycles. The third-order valence-electron chi connectivity index (χ3n) is 3.81. The number of carboxylic acid groups (broad SMARTS) is 1. The zero-order valence-electron chi connectivity index (χ0n) is 10.9. The molecule has 2 heterocycles. The van der Waals surface area contributed by atoms with Crippen LogP contribution in [0.15, 0.2) is 0 Å². The Morgan fingerprint density at radius 1 is 1.28 bits per heavy atom. The zero-order chi connectivity index (χ0) is 12.8. The first-order chi connectivity index (χ1) is 8.75. The highest BCUT2D eigenvalue weighted by atomic mass is 16.5. The Bertz CT molecular complexity index is 267. The van der Waals surface area contributed by atoms with Crippen molar-refractivity contribution >= 4 is 5.97 Å². The lowest BCUT2D eigenvalue weighted by Gasteiger charge is -2.26. The molecule has 0 aromatic heterocycles. The van der Waals surface area contributed by atoms with E-state index in [4.69, 9.17) is 9.84 Å². The summed E-state index contributed by atoms with van der Waals surface area (Å²) in [6, 6.07) is 0. The maximum atomic E-state index is 10.7. The van der Waals surface area contributed by atoms with Gasteiger partial charge in [0.2, 0.25) is 0 Å². The number of ether oxygens (including phenoxy) is 1. The van der Waals surface area contributed by atoms with Crippen LogP contribution in [0.2, 0.25) is 0 Å². The van der Waals surface area contributed by atoms with Gasteiger partial charge in [-0.3, -0.25) is 0 Å². The van der Waals surface area contributed by atoms with Gasteiger partial charge in [-0.2, -0.15) is 0 Å². The summed E-state index contributed by atoms with van der Waals surface area (Å²) in [4.78, 5) is 13.2. The van der Waals surface area contributed by atoms with Crippen molar-refractivity contribution in [2.45, 2.75) is 44.3 Å². The first-order valence-electron chi connectivity index (χ1n) is 7.07. The van der Waals surface area contributed by atoms with E-state index in [1.165, 1.54) is 32.4 Å². The van der Waals surface area contributed by atoms with Crippen LogP contribution in [-0.4, -0.2) is 60.9 Å². The Hall–Kier alpha value is -0.650. The van der Waals surface area contributed by atoms with Crippen molar-refractivity contribution < 1.29 is 14.6 Å². The highest BCUT2D eigenvalue weighted by Crippen LogP contribution is 2.19. The van der Waals surface area contributed by atoms with Gasteiger partial charge < -0.3 is 20.1 Å². The maximum Gasteiger partial charge on any atom is 0.332 e. The van der Waals surface area contributed by atoms with Crippen LogP contribution in [0.5, 0.6) is 0 Å². The lowest BCUT2D eigenvalue weighted by Crippen LogP contribution is -2.38. The quantitative estimate of drug-likeness (QED) is 0.685. The van der Waals surface area contributed by atoms with Crippen molar-refractivity contribution in [2.24, 2.45) is 0 Å². The monoisotopic (exact) mass is 256 g/mol. The third-order valence-corrected chi connectivity index (χ3v) is 3.81. The minimum atomic E-state index is -0.828. The van der Waals surface area contributed by atoms with E-state index in [-0.39, 0.29) is 6.10 Å². The van der Waals surface area contributed by atoms with Crippen molar-refractivity contribution in [3.63, 3.8) is 0 Å². The topological polar surface area (TPSA) is 61.8 Å². The molecule has 104 valence electrons. The van der Waals surface area contributed by atoms with Crippen molar-refractivity contribution in [2.75, 3.05) is 32.7 Å². The summed E-state index contributed by atoms with van der Waals surface area (Å²) in [5.74, 6) is -0.828. The highest BCUT2D eigenvalue weighted by molar-refractivity contribution is 5.72. The fourth-order valence-electron chi connectivity index (χ4n) is 2.72. The summed E-state index contributed by atoms with van der Waals surface area (Å²) in [5, 5.41) is 12.2. The Labute approximate surface area is 108 Å². The van der Waals surface area contributed by atoms with Crippen LogP contribution in [0.1, 0.15) is 32.1 Å². The molecule has 2 fully saturated rings. The molecule has 2 N–H and O–H groups in total. The van der Waals surface area contributed by atoms with E-state index in [9.17, 15) is 4.79 Å². The Morgan fingerprint density at radius 3 is 2.72 bits per heavy atom. The smallest absolute Gasteiger partial charge is 0.332 e. The molecule has 2 aliphatic rings. The fourth-order valence-corrected chi connectivity index (χ4v) is 2.72. The van der Waals surface area contributed by atoms with Crippen LogP contribution in [0.4, 0.5) is 0 Å². The number of hydrogen-bond donors (Lipinski definition) is 2. The molecule has 0 bridgehead atoms. The largest absolute Gasteiger partial charge is 0.479 e. The number of nitrogens with zero attached hydrogens (tertiary/aromatic N) is 1. The van der Waals surface area contributed by atoms with Gasteiger partial charge in [0.05, 0.1) is 6.10 Å². The fraction of sp³-hybridized carbons (Fsp3) is 0.923. The van der Waals surface area contributed by atoms with Gasteiger partial charge in [-0.25, -0.2) is 4.79 Å². The lowest BCUT2D eigenvalue weighted by molar-refractivity contribution is -0.149. The predicted molar refractivity (Wildman–Crippen MR) is 68.7 cm³/mol. The summed E-state index contributed by atoms with van der Waals surface area (Å²) >= 11 is 0. The predicted octanol–water partition coefficient (Wildman–Crippen LogP) is 0.694. The molecule has 18 heavy (non-hydrogen) atoms. The molecule has 0 aliphatic carbocycles. The van der Waals surface area contributed by atoms with Crippen LogP contribution < -0.4 is 5.32 Å². The molecule has 2 aliphatic heterocycles. The van der Waals surface area contributed by atoms with Crippen molar-refractivity contribution in [3.8, 4) is 0 Å². The van der Waals surface area contributed by atoms with Crippen LogP contribution in [0, 0.1) is 0 Å².